The topological polar surface area (TPSA) is 54.3 Å². The number of anilines is 1. The predicted molar refractivity (Wildman–Crippen MR) is 118 cm³/mol. The van der Waals surface area contributed by atoms with Crippen molar-refractivity contribution in [3.8, 4) is 5.69 Å². The molecule has 1 saturated heterocycles. The molecule has 5 nitrogen and oxygen atoms in total. The molecular formula is C23H19N3O2S. The van der Waals surface area contributed by atoms with Crippen LogP contribution in [0.5, 0.6) is 0 Å². The number of amides is 2. The second kappa shape index (κ2) is 7.48. The van der Waals surface area contributed by atoms with Gasteiger partial charge in [-0.15, -0.1) is 0 Å². The molecule has 2 amide bonds. The Morgan fingerprint density at radius 2 is 1.72 bits per heavy atom. The Morgan fingerprint density at radius 1 is 0.966 bits per heavy atom. The zero-order valence-electron chi connectivity index (χ0n) is 16.0. The van der Waals surface area contributed by atoms with Gasteiger partial charge in [-0.25, -0.2) is 0 Å². The Balaban J connectivity index is 1.77. The van der Waals surface area contributed by atoms with Crippen LogP contribution in [0.4, 0.5) is 5.69 Å². The van der Waals surface area contributed by atoms with Crippen molar-refractivity contribution >= 4 is 40.9 Å². The lowest BCUT2D eigenvalue weighted by Gasteiger charge is -2.30. The summed E-state index contributed by atoms with van der Waals surface area (Å²) in [6, 6.07) is 19.2. The quantitative estimate of drug-likeness (QED) is 0.411. The molecular weight excluding hydrogens is 382 g/mol. The van der Waals surface area contributed by atoms with Crippen molar-refractivity contribution in [2.45, 2.75) is 13.8 Å². The maximum absolute atomic E-state index is 13.3. The minimum atomic E-state index is -0.498. The standard InChI is InChI=1S/C23H19N3O2S/c1-15-10-11-20(16(2)13-15)26-22(28)19(21(27)24-23(26)29)14-18-9-6-12-25(18)17-7-4-3-5-8-17/h3-14H,1-2H3,(H,24,27,29). The van der Waals surface area contributed by atoms with Crippen molar-refractivity contribution in [2.75, 3.05) is 4.90 Å². The molecule has 0 saturated carbocycles. The summed E-state index contributed by atoms with van der Waals surface area (Å²) in [5.41, 5.74) is 4.35. The summed E-state index contributed by atoms with van der Waals surface area (Å²) in [6.45, 7) is 3.90. The van der Waals surface area contributed by atoms with E-state index in [-0.39, 0.29) is 10.7 Å². The lowest BCUT2D eigenvalue weighted by Crippen LogP contribution is -2.54. The fourth-order valence-corrected chi connectivity index (χ4v) is 3.69. The number of para-hydroxylation sites is 1. The van der Waals surface area contributed by atoms with Crippen molar-refractivity contribution in [3.63, 3.8) is 0 Å². The van der Waals surface area contributed by atoms with Crippen LogP contribution in [-0.4, -0.2) is 21.5 Å². The molecule has 0 radical (unpaired) electrons. The van der Waals surface area contributed by atoms with Crippen molar-refractivity contribution in [1.29, 1.82) is 0 Å². The monoisotopic (exact) mass is 401 g/mol. The Morgan fingerprint density at radius 3 is 2.45 bits per heavy atom. The summed E-state index contributed by atoms with van der Waals surface area (Å²) in [7, 11) is 0. The number of hydrogen-bond donors (Lipinski definition) is 1. The van der Waals surface area contributed by atoms with Crippen LogP contribution in [-0.2, 0) is 9.59 Å². The van der Waals surface area contributed by atoms with Gasteiger partial charge in [0.2, 0.25) is 0 Å². The maximum Gasteiger partial charge on any atom is 0.270 e. The highest BCUT2D eigenvalue weighted by Gasteiger charge is 2.35. The molecule has 3 aromatic rings. The Kier molecular flexibility index (Phi) is 4.86. The summed E-state index contributed by atoms with van der Waals surface area (Å²) in [5.74, 6) is -0.937. The van der Waals surface area contributed by atoms with Gasteiger partial charge < -0.3 is 4.57 Å². The van der Waals surface area contributed by atoms with Crippen LogP contribution in [0.25, 0.3) is 11.8 Å². The van der Waals surface area contributed by atoms with E-state index < -0.39 is 11.8 Å². The van der Waals surface area contributed by atoms with Crippen LogP contribution in [0, 0.1) is 13.8 Å². The first-order valence-corrected chi connectivity index (χ1v) is 9.58. The number of carbonyl (C=O) groups excluding carboxylic acids is 2. The highest BCUT2D eigenvalue weighted by molar-refractivity contribution is 7.80. The number of benzene rings is 2. The fraction of sp³-hybridized carbons (Fsp3) is 0.0870. The van der Waals surface area contributed by atoms with Gasteiger partial charge in [-0.1, -0.05) is 35.9 Å². The second-order valence-corrected chi connectivity index (χ2v) is 7.27. The molecule has 2 heterocycles. The van der Waals surface area contributed by atoms with Crippen LogP contribution in [0.2, 0.25) is 0 Å². The van der Waals surface area contributed by atoms with Gasteiger partial charge in [0, 0.05) is 17.6 Å². The van der Waals surface area contributed by atoms with Crippen LogP contribution < -0.4 is 10.2 Å². The minimum Gasteiger partial charge on any atom is -0.317 e. The van der Waals surface area contributed by atoms with Crippen LogP contribution in [0.3, 0.4) is 0 Å². The highest BCUT2D eigenvalue weighted by atomic mass is 32.1. The Hall–Kier alpha value is -3.51. The maximum atomic E-state index is 13.3. The molecule has 1 N–H and O–H groups in total. The number of thiocarbonyl (C=S) groups is 1. The van der Waals surface area contributed by atoms with E-state index in [9.17, 15) is 9.59 Å². The molecule has 0 bridgehead atoms. The first kappa shape index (κ1) is 18.8. The first-order chi connectivity index (χ1) is 14.0. The van der Waals surface area contributed by atoms with E-state index in [1.54, 1.807) is 6.08 Å². The number of nitrogens with one attached hydrogen (secondary N) is 1. The van der Waals surface area contributed by atoms with Gasteiger partial charge in [0.1, 0.15) is 5.57 Å². The predicted octanol–water partition coefficient (Wildman–Crippen LogP) is 3.93. The number of hydrogen-bond acceptors (Lipinski definition) is 3. The van der Waals surface area contributed by atoms with E-state index in [1.807, 2.05) is 85.3 Å². The molecule has 0 spiro atoms. The summed E-state index contributed by atoms with van der Waals surface area (Å²) >= 11 is 5.30. The summed E-state index contributed by atoms with van der Waals surface area (Å²) < 4.78 is 1.92. The van der Waals surface area contributed by atoms with Crippen molar-refractivity contribution in [1.82, 2.24) is 9.88 Å². The lowest BCUT2D eigenvalue weighted by molar-refractivity contribution is -0.122. The molecule has 2 aromatic carbocycles. The van der Waals surface area contributed by atoms with E-state index in [0.29, 0.717) is 5.69 Å². The fourth-order valence-electron chi connectivity index (χ4n) is 3.42. The SMILES string of the molecule is Cc1ccc(N2C(=O)C(=Cc3cccn3-c3ccccc3)C(=O)NC2=S)c(C)c1. The van der Waals surface area contributed by atoms with E-state index in [2.05, 4.69) is 5.32 Å². The molecule has 4 rings (SSSR count). The van der Waals surface area contributed by atoms with Crippen LogP contribution in [0.1, 0.15) is 16.8 Å². The van der Waals surface area contributed by atoms with Gasteiger partial charge in [0.05, 0.1) is 5.69 Å². The highest BCUT2D eigenvalue weighted by Crippen LogP contribution is 2.26. The second-order valence-electron chi connectivity index (χ2n) is 6.89. The van der Waals surface area contributed by atoms with E-state index >= 15 is 0 Å². The molecule has 0 aliphatic carbocycles. The number of carbonyl (C=O) groups is 2. The lowest BCUT2D eigenvalue weighted by atomic mass is 10.1. The average Bonchev–Trinajstić information content (AvgIpc) is 3.15. The van der Waals surface area contributed by atoms with Gasteiger partial charge in [-0.2, -0.15) is 0 Å². The molecule has 0 atom stereocenters. The van der Waals surface area contributed by atoms with E-state index in [0.717, 1.165) is 22.5 Å². The molecule has 144 valence electrons. The van der Waals surface area contributed by atoms with Crippen LogP contribution >= 0.6 is 12.2 Å². The molecule has 1 aromatic heterocycles. The molecule has 1 fully saturated rings. The number of rotatable bonds is 3. The third-order valence-electron chi connectivity index (χ3n) is 4.80. The third-order valence-corrected chi connectivity index (χ3v) is 5.09. The van der Waals surface area contributed by atoms with Gasteiger partial charge >= 0.3 is 0 Å². The average molecular weight is 401 g/mol. The van der Waals surface area contributed by atoms with Crippen molar-refractivity contribution < 1.29 is 9.59 Å². The van der Waals surface area contributed by atoms with Crippen molar-refractivity contribution in [2.24, 2.45) is 0 Å². The molecule has 1 aliphatic heterocycles. The third kappa shape index (κ3) is 3.50. The Labute approximate surface area is 174 Å². The van der Waals surface area contributed by atoms with Crippen LogP contribution in [0.15, 0.2) is 72.4 Å². The number of aryl methyl sites for hydroxylation is 2. The van der Waals surface area contributed by atoms with E-state index in [1.165, 1.54) is 4.90 Å². The van der Waals surface area contributed by atoms with Gasteiger partial charge in [0.15, 0.2) is 5.11 Å². The summed E-state index contributed by atoms with van der Waals surface area (Å²) in [5, 5.41) is 2.73. The minimum absolute atomic E-state index is 0.0365. The largest absolute Gasteiger partial charge is 0.317 e. The number of aromatic nitrogens is 1. The van der Waals surface area contributed by atoms with Gasteiger partial charge in [-0.05, 0) is 68.0 Å². The zero-order chi connectivity index (χ0) is 20.5. The Bertz CT molecular complexity index is 1160. The molecule has 0 unspecified atom stereocenters. The normalized spacial score (nSPS) is 15.7. The van der Waals surface area contributed by atoms with Gasteiger partial charge in [0.25, 0.3) is 11.8 Å². The van der Waals surface area contributed by atoms with E-state index in [4.69, 9.17) is 12.2 Å². The van der Waals surface area contributed by atoms with Gasteiger partial charge in [-0.3, -0.25) is 19.8 Å². The molecule has 6 heteroatoms. The van der Waals surface area contributed by atoms with Crippen molar-refractivity contribution in [3.05, 3.63) is 89.3 Å². The summed E-state index contributed by atoms with van der Waals surface area (Å²) in [4.78, 5) is 27.2. The molecule has 29 heavy (non-hydrogen) atoms. The first-order valence-electron chi connectivity index (χ1n) is 9.17. The molecule has 1 aliphatic rings. The zero-order valence-corrected chi connectivity index (χ0v) is 16.9. The summed E-state index contributed by atoms with van der Waals surface area (Å²) in [6.07, 6.45) is 3.49. The number of nitrogens with zero attached hydrogens (tertiary/aromatic N) is 2. The smallest absolute Gasteiger partial charge is 0.270 e.